The molecule has 0 radical (unpaired) electrons. The highest BCUT2D eigenvalue weighted by Crippen LogP contribution is 2.25. The van der Waals surface area contributed by atoms with Gasteiger partial charge in [-0.2, -0.15) is 0 Å². The van der Waals surface area contributed by atoms with E-state index in [0.29, 0.717) is 0 Å². The standard InChI is InChI=1S/C13H16N4S/c1-3-14-8-11-7-10(2)12(17-9-11)18-13-15-5-4-6-16-13/h4-7,9,14H,3,8H2,1-2H3. The van der Waals surface area contributed by atoms with Crippen LogP contribution in [0.4, 0.5) is 0 Å². The van der Waals surface area contributed by atoms with Crippen LogP contribution in [0.3, 0.4) is 0 Å². The highest BCUT2D eigenvalue weighted by Gasteiger charge is 2.05. The summed E-state index contributed by atoms with van der Waals surface area (Å²) in [6.07, 6.45) is 5.38. The summed E-state index contributed by atoms with van der Waals surface area (Å²) in [6, 6.07) is 3.96. The summed E-state index contributed by atoms with van der Waals surface area (Å²) >= 11 is 1.49. The summed E-state index contributed by atoms with van der Waals surface area (Å²) in [5, 5.41) is 4.98. The zero-order chi connectivity index (χ0) is 12.8. The fraction of sp³-hybridized carbons (Fsp3) is 0.308. The molecule has 4 nitrogen and oxygen atoms in total. The molecule has 0 aromatic carbocycles. The molecule has 0 fully saturated rings. The third-order valence-corrected chi connectivity index (χ3v) is 3.41. The lowest BCUT2D eigenvalue weighted by Crippen LogP contribution is -2.12. The van der Waals surface area contributed by atoms with Gasteiger partial charge in [-0.1, -0.05) is 13.0 Å². The minimum Gasteiger partial charge on any atom is -0.313 e. The summed E-state index contributed by atoms with van der Waals surface area (Å²) in [5.41, 5.74) is 2.36. The molecule has 2 heterocycles. The van der Waals surface area contributed by atoms with E-state index in [9.17, 15) is 0 Å². The number of hydrogen-bond donors (Lipinski definition) is 1. The van der Waals surface area contributed by atoms with Gasteiger partial charge >= 0.3 is 0 Å². The van der Waals surface area contributed by atoms with E-state index in [1.54, 1.807) is 12.4 Å². The van der Waals surface area contributed by atoms with E-state index < -0.39 is 0 Å². The maximum atomic E-state index is 4.47. The van der Waals surface area contributed by atoms with Crippen molar-refractivity contribution in [3.05, 3.63) is 41.9 Å². The fourth-order valence-corrected chi connectivity index (χ4v) is 2.24. The number of hydrogen-bond acceptors (Lipinski definition) is 5. The molecule has 0 bridgehead atoms. The first kappa shape index (κ1) is 13.0. The minimum absolute atomic E-state index is 0.729. The molecule has 0 aliphatic carbocycles. The quantitative estimate of drug-likeness (QED) is 0.837. The maximum absolute atomic E-state index is 4.47. The lowest BCUT2D eigenvalue weighted by molar-refractivity contribution is 0.721. The van der Waals surface area contributed by atoms with Gasteiger partial charge in [0.25, 0.3) is 0 Å². The van der Waals surface area contributed by atoms with Gasteiger partial charge in [0.05, 0.1) is 0 Å². The fourth-order valence-electron chi connectivity index (χ4n) is 1.52. The van der Waals surface area contributed by atoms with Crippen LogP contribution in [0.25, 0.3) is 0 Å². The van der Waals surface area contributed by atoms with Gasteiger partial charge in [0, 0.05) is 25.1 Å². The van der Waals surface area contributed by atoms with Gasteiger partial charge in [-0.3, -0.25) is 0 Å². The Kier molecular flexibility index (Phi) is 4.66. The summed E-state index contributed by atoms with van der Waals surface area (Å²) in [5.74, 6) is 0. The van der Waals surface area contributed by atoms with Crippen molar-refractivity contribution in [1.29, 1.82) is 0 Å². The van der Waals surface area contributed by atoms with Crippen molar-refractivity contribution in [2.45, 2.75) is 30.6 Å². The second kappa shape index (κ2) is 6.47. The molecular formula is C13H16N4S. The molecule has 0 saturated carbocycles. The number of aryl methyl sites for hydroxylation is 1. The first-order valence-corrected chi connectivity index (χ1v) is 6.72. The molecule has 0 spiro atoms. The second-order valence-electron chi connectivity index (χ2n) is 3.88. The van der Waals surface area contributed by atoms with Crippen LogP contribution in [0.1, 0.15) is 18.1 Å². The van der Waals surface area contributed by atoms with E-state index in [1.165, 1.54) is 17.3 Å². The molecule has 0 aliphatic rings. The van der Waals surface area contributed by atoms with Crippen molar-refractivity contribution >= 4 is 11.8 Å². The summed E-state index contributed by atoms with van der Waals surface area (Å²) in [6.45, 7) is 5.98. The summed E-state index contributed by atoms with van der Waals surface area (Å²) in [7, 11) is 0. The maximum Gasteiger partial charge on any atom is 0.193 e. The van der Waals surface area contributed by atoms with E-state index in [1.807, 2.05) is 12.3 Å². The van der Waals surface area contributed by atoms with Crippen molar-refractivity contribution in [1.82, 2.24) is 20.3 Å². The third kappa shape index (κ3) is 3.51. The second-order valence-corrected chi connectivity index (χ2v) is 4.84. The van der Waals surface area contributed by atoms with Gasteiger partial charge in [0.15, 0.2) is 5.16 Å². The smallest absolute Gasteiger partial charge is 0.193 e. The van der Waals surface area contributed by atoms with Gasteiger partial charge in [-0.15, -0.1) is 0 Å². The first-order chi connectivity index (χ1) is 8.79. The van der Waals surface area contributed by atoms with Crippen molar-refractivity contribution < 1.29 is 0 Å². The number of aromatic nitrogens is 3. The lowest BCUT2D eigenvalue weighted by atomic mass is 10.2. The Bertz CT molecular complexity index is 502. The van der Waals surface area contributed by atoms with Gasteiger partial charge in [0.2, 0.25) is 0 Å². The van der Waals surface area contributed by atoms with Crippen LogP contribution in [-0.2, 0) is 6.54 Å². The van der Waals surface area contributed by atoms with Crippen molar-refractivity contribution in [2.24, 2.45) is 0 Å². The SMILES string of the molecule is CCNCc1cnc(Sc2ncccn2)c(C)c1. The van der Waals surface area contributed by atoms with Crippen LogP contribution in [-0.4, -0.2) is 21.5 Å². The molecule has 1 N–H and O–H groups in total. The highest BCUT2D eigenvalue weighted by atomic mass is 32.2. The van der Waals surface area contributed by atoms with Crippen LogP contribution in [0, 0.1) is 6.92 Å². The molecule has 2 aromatic rings. The molecular weight excluding hydrogens is 244 g/mol. The van der Waals surface area contributed by atoms with E-state index in [-0.39, 0.29) is 0 Å². The largest absolute Gasteiger partial charge is 0.313 e. The normalized spacial score (nSPS) is 10.6. The summed E-state index contributed by atoms with van der Waals surface area (Å²) < 4.78 is 0. The van der Waals surface area contributed by atoms with Gasteiger partial charge in [-0.05, 0) is 42.4 Å². The van der Waals surface area contributed by atoms with Crippen molar-refractivity contribution in [3.63, 3.8) is 0 Å². The van der Waals surface area contributed by atoms with Gasteiger partial charge in [-0.25, -0.2) is 15.0 Å². The molecule has 0 saturated heterocycles. The van der Waals surface area contributed by atoms with Crippen LogP contribution in [0.2, 0.25) is 0 Å². The van der Waals surface area contributed by atoms with Crippen molar-refractivity contribution in [2.75, 3.05) is 6.54 Å². The highest BCUT2D eigenvalue weighted by molar-refractivity contribution is 7.99. The van der Waals surface area contributed by atoms with Crippen molar-refractivity contribution in [3.8, 4) is 0 Å². The minimum atomic E-state index is 0.729. The average molecular weight is 260 g/mol. The molecule has 0 unspecified atom stereocenters. The summed E-state index contributed by atoms with van der Waals surface area (Å²) in [4.78, 5) is 12.8. The number of nitrogens with zero attached hydrogens (tertiary/aromatic N) is 3. The number of pyridine rings is 1. The first-order valence-electron chi connectivity index (χ1n) is 5.90. The molecule has 5 heteroatoms. The Balaban J connectivity index is 2.10. The topological polar surface area (TPSA) is 50.7 Å². The third-order valence-electron chi connectivity index (χ3n) is 2.40. The van der Waals surface area contributed by atoms with E-state index in [0.717, 1.165) is 28.8 Å². The molecule has 2 aromatic heterocycles. The Morgan fingerprint density at radius 2 is 2.00 bits per heavy atom. The Hall–Kier alpha value is -1.46. The molecule has 2 rings (SSSR count). The van der Waals surface area contributed by atoms with Gasteiger partial charge in [0.1, 0.15) is 5.03 Å². The number of nitrogens with one attached hydrogen (secondary N) is 1. The van der Waals surface area contributed by atoms with Crippen LogP contribution in [0.15, 0.2) is 40.9 Å². The van der Waals surface area contributed by atoms with Gasteiger partial charge < -0.3 is 5.32 Å². The Morgan fingerprint density at radius 3 is 2.67 bits per heavy atom. The Morgan fingerprint density at radius 1 is 1.22 bits per heavy atom. The molecule has 0 amide bonds. The monoisotopic (exact) mass is 260 g/mol. The zero-order valence-corrected chi connectivity index (χ0v) is 11.4. The van der Waals surface area contributed by atoms with Crippen LogP contribution < -0.4 is 5.32 Å². The molecule has 0 aliphatic heterocycles. The zero-order valence-electron chi connectivity index (χ0n) is 10.6. The predicted molar refractivity (Wildman–Crippen MR) is 72.5 cm³/mol. The molecule has 94 valence electrons. The average Bonchev–Trinajstić information content (AvgIpc) is 2.40. The predicted octanol–water partition coefficient (Wildman–Crippen LogP) is 2.44. The van der Waals surface area contributed by atoms with E-state index in [2.05, 4.69) is 40.2 Å². The van der Waals surface area contributed by atoms with Crippen LogP contribution in [0.5, 0.6) is 0 Å². The van der Waals surface area contributed by atoms with Crippen LogP contribution >= 0.6 is 11.8 Å². The molecule has 0 atom stereocenters. The molecule has 18 heavy (non-hydrogen) atoms. The number of rotatable bonds is 5. The van der Waals surface area contributed by atoms with E-state index >= 15 is 0 Å². The lowest BCUT2D eigenvalue weighted by Gasteiger charge is -2.06. The Labute approximate surface area is 111 Å². The van der Waals surface area contributed by atoms with E-state index in [4.69, 9.17) is 0 Å².